The van der Waals surface area contributed by atoms with Crippen LogP contribution in [0.5, 0.6) is 0 Å². The average Bonchev–Trinajstić information content (AvgIpc) is 2.26. The molecule has 0 saturated carbocycles. The van der Waals surface area contributed by atoms with Gasteiger partial charge in [0.1, 0.15) is 6.61 Å². The van der Waals surface area contributed by atoms with Gasteiger partial charge in [-0.25, -0.2) is 8.78 Å². The highest BCUT2D eigenvalue weighted by molar-refractivity contribution is 4.96. The SMILES string of the molecule is C=C(CC)CC(COCC(F)(F)C(F)F)NC. The first-order valence-corrected chi connectivity index (χ1v) is 5.41. The third-order valence-corrected chi connectivity index (χ3v) is 2.38. The molecule has 0 heterocycles. The van der Waals surface area contributed by atoms with E-state index in [1.165, 1.54) is 0 Å². The van der Waals surface area contributed by atoms with Crippen LogP contribution in [0, 0.1) is 0 Å². The Bertz CT molecular complexity index is 234. The zero-order valence-electron chi connectivity index (χ0n) is 10.1. The number of halogens is 4. The van der Waals surface area contributed by atoms with Crippen LogP contribution in [0.3, 0.4) is 0 Å². The van der Waals surface area contributed by atoms with E-state index in [9.17, 15) is 17.6 Å². The summed E-state index contributed by atoms with van der Waals surface area (Å²) in [5.41, 5.74) is 0.952. The van der Waals surface area contributed by atoms with Gasteiger partial charge in [-0.3, -0.25) is 0 Å². The molecule has 1 unspecified atom stereocenters. The predicted molar refractivity (Wildman–Crippen MR) is 58.7 cm³/mol. The van der Waals surface area contributed by atoms with Gasteiger partial charge >= 0.3 is 12.3 Å². The van der Waals surface area contributed by atoms with Crippen LogP contribution in [0.2, 0.25) is 0 Å². The van der Waals surface area contributed by atoms with E-state index in [1.807, 2.05) is 6.92 Å². The number of alkyl halides is 4. The normalized spacial score (nSPS) is 14.1. The molecule has 102 valence electrons. The van der Waals surface area contributed by atoms with Gasteiger partial charge in [0.25, 0.3) is 0 Å². The van der Waals surface area contributed by atoms with Crippen LogP contribution >= 0.6 is 0 Å². The van der Waals surface area contributed by atoms with Crippen molar-refractivity contribution in [2.24, 2.45) is 0 Å². The van der Waals surface area contributed by atoms with E-state index in [0.717, 1.165) is 12.0 Å². The van der Waals surface area contributed by atoms with Crippen LogP contribution in [-0.4, -0.2) is 38.7 Å². The number of hydrogen-bond acceptors (Lipinski definition) is 2. The van der Waals surface area contributed by atoms with Crippen LogP contribution in [0.4, 0.5) is 17.6 Å². The smallest absolute Gasteiger partial charge is 0.330 e. The van der Waals surface area contributed by atoms with Crippen molar-refractivity contribution in [3.63, 3.8) is 0 Å². The Balaban J connectivity index is 3.96. The Kier molecular flexibility index (Phi) is 7.38. The first-order valence-electron chi connectivity index (χ1n) is 5.41. The fraction of sp³-hybridized carbons (Fsp3) is 0.818. The highest BCUT2D eigenvalue weighted by Crippen LogP contribution is 2.23. The Morgan fingerprint density at radius 1 is 1.41 bits per heavy atom. The number of ether oxygens (including phenoxy) is 1. The maximum Gasteiger partial charge on any atom is 0.330 e. The summed E-state index contributed by atoms with van der Waals surface area (Å²) < 4.78 is 53.3. The molecule has 0 fully saturated rings. The topological polar surface area (TPSA) is 21.3 Å². The van der Waals surface area contributed by atoms with Gasteiger partial charge in [0.15, 0.2) is 0 Å². The van der Waals surface area contributed by atoms with E-state index < -0.39 is 19.0 Å². The van der Waals surface area contributed by atoms with Crippen molar-refractivity contribution in [1.82, 2.24) is 5.32 Å². The molecule has 0 spiro atoms. The van der Waals surface area contributed by atoms with Gasteiger partial charge in [-0.1, -0.05) is 19.1 Å². The van der Waals surface area contributed by atoms with Gasteiger partial charge in [-0.15, -0.1) is 0 Å². The predicted octanol–water partition coefficient (Wildman–Crippen LogP) is 2.85. The van der Waals surface area contributed by atoms with E-state index in [2.05, 4.69) is 16.6 Å². The highest BCUT2D eigenvalue weighted by Gasteiger charge is 2.41. The van der Waals surface area contributed by atoms with Gasteiger partial charge in [0, 0.05) is 6.04 Å². The van der Waals surface area contributed by atoms with Gasteiger partial charge in [-0.2, -0.15) is 8.78 Å². The van der Waals surface area contributed by atoms with Crippen molar-refractivity contribution < 1.29 is 22.3 Å². The quantitative estimate of drug-likeness (QED) is 0.506. The molecule has 2 nitrogen and oxygen atoms in total. The fourth-order valence-corrected chi connectivity index (χ4v) is 1.14. The van der Waals surface area contributed by atoms with Crippen molar-refractivity contribution in [2.75, 3.05) is 20.3 Å². The van der Waals surface area contributed by atoms with Crippen molar-refractivity contribution in [3.8, 4) is 0 Å². The summed E-state index contributed by atoms with van der Waals surface area (Å²) in [7, 11) is 1.65. The second-order valence-electron chi connectivity index (χ2n) is 3.87. The molecule has 0 radical (unpaired) electrons. The molecule has 0 saturated heterocycles. The molecule has 0 aromatic carbocycles. The Hall–Kier alpha value is -0.620. The third kappa shape index (κ3) is 6.63. The lowest BCUT2D eigenvalue weighted by Gasteiger charge is -2.20. The van der Waals surface area contributed by atoms with E-state index in [-0.39, 0.29) is 12.6 Å². The first kappa shape index (κ1) is 16.4. The molecule has 6 heteroatoms. The molecule has 0 amide bonds. The number of nitrogens with one attached hydrogen (secondary N) is 1. The summed E-state index contributed by atoms with van der Waals surface area (Å²) in [6.45, 7) is 4.41. The second-order valence-corrected chi connectivity index (χ2v) is 3.87. The summed E-state index contributed by atoms with van der Waals surface area (Å²) in [5, 5.41) is 2.86. The lowest BCUT2D eigenvalue weighted by molar-refractivity contribution is -0.166. The van der Waals surface area contributed by atoms with Gasteiger partial charge in [-0.05, 0) is 19.9 Å². The molecule has 0 bridgehead atoms. The van der Waals surface area contributed by atoms with Crippen LogP contribution in [0.1, 0.15) is 19.8 Å². The molecule has 17 heavy (non-hydrogen) atoms. The lowest BCUT2D eigenvalue weighted by atomic mass is 10.1. The molecule has 0 aliphatic carbocycles. The summed E-state index contributed by atoms with van der Waals surface area (Å²) in [6.07, 6.45) is -2.33. The second kappa shape index (κ2) is 7.66. The molecule has 1 N–H and O–H groups in total. The first-order chi connectivity index (χ1) is 7.83. The number of rotatable bonds is 9. The van der Waals surface area contributed by atoms with Crippen LogP contribution < -0.4 is 5.32 Å². The monoisotopic (exact) mass is 257 g/mol. The maximum absolute atomic E-state index is 12.5. The summed E-state index contributed by atoms with van der Waals surface area (Å²) in [4.78, 5) is 0. The van der Waals surface area contributed by atoms with Gasteiger partial charge < -0.3 is 10.1 Å². The van der Waals surface area contributed by atoms with Crippen LogP contribution in [0.25, 0.3) is 0 Å². The van der Waals surface area contributed by atoms with Crippen LogP contribution in [0.15, 0.2) is 12.2 Å². The van der Waals surface area contributed by atoms with E-state index in [4.69, 9.17) is 0 Å². The van der Waals surface area contributed by atoms with E-state index in [1.54, 1.807) is 7.05 Å². The summed E-state index contributed by atoms with van der Waals surface area (Å²) in [6, 6.07) is -0.184. The molecule has 0 rings (SSSR count). The Morgan fingerprint density at radius 3 is 2.41 bits per heavy atom. The van der Waals surface area contributed by atoms with Crippen LogP contribution in [-0.2, 0) is 4.74 Å². The van der Waals surface area contributed by atoms with Gasteiger partial charge in [0.2, 0.25) is 0 Å². The maximum atomic E-state index is 12.5. The van der Waals surface area contributed by atoms with Crippen molar-refractivity contribution in [3.05, 3.63) is 12.2 Å². The zero-order valence-corrected chi connectivity index (χ0v) is 10.1. The minimum absolute atomic E-state index is 0.0438. The molecular weight excluding hydrogens is 238 g/mol. The molecular formula is C11H19F4NO. The molecule has 0 aromatic rings. The minimum Gasteiger partial charge on any atom is -0.373 e. The fourth-order valence-electron chi connectivity index (χ4n) is 1.14. The van der Waals surface area contributed by atoms with Crippen molar-refractivity contribution >= 4 is 0 Å². The van der Waals surface area contributed by atoms with Crippen molar-refractivity contribution in [2.45, 2.75) is 38.2 Å². The highest BCUT2D eigenvalue weighted by atomic mass is 19.3. The summed E-state index contributed by atoms with van der Waals surface area (Å²) in [5.74, 6) is -4.08. The summed E-state index contributed by atoms with van der Waals surface area (Å²) >= 11 is 0. The van der Waals surface area contributed by atoms with Crippen molar-refractivity contribution in [1.29, 1.82) is 0 Å². The Labute approximate surface area is 99.0 Å². The number of likely N-dealkylation sites (N-methyl/N-ethyl adjacent to an activating group) is 1. The van der Waals surface area contributed by atoms with E-state index in [0.29, 0.717) is 6.42 Å². The molecule has 0 aromatic heterocycles. The standard InChI is InChI=1S/C11H19F4NO/c1-4-8(2)5-9(16-3)6-17-7-11(14,15)10(12)13/h9-10,16H,2,4-7H2,1,3H3. The van der Waals surface area contributed by atoms with E-state index >= 15 is 0 Å². The Morgan fingerprint density at radius 2 is 2.00 bits per heavy atom. The largest absolute Gasteiger partial charge is 0.373 e. The molecule has 0 aliphatic heterocycles. The molecule has 0 aliphatic rings. The van der Waals surface area contributed by atoms with Gasteiger partial charge in [0.05, 0.1) is 6.61 Å². The molecule has 1 atom stereocenters. The number of hydrogen-bond donors (Lipinski definition) is 1. The average molecular weight is 257 g/mol. The zero-order chi connectivity index (χ0) is 13.5. The minimum atomic E-state index is -4.08. The third-order valence-electron chi connectivity index (χ3n) is 2.38. The lowest BCUT2D eigenvalue weighted by Crippen LogP contribution is -2.36.